The number of hydrogen-bond acceptors (Lipinski definition) is 1. The van der Waals surface area contributed by atoms with Gasteiger partial charge in [0.05, 0.1) is 18.5 Å². The van der Waals surface area contributed by atoms with Gasteiger partial charge in [0.2, 0.25) is 5.91 Å². The molecule has 1 rings (SSSR count). The maximum Gasteiger partial charge on any atom is 0.237 e. The number of unbranched alkanes of at least 4 members (excludes halogenated alkanes) is 15. The average molecular weight is 533 g/mol. The fraction of sp³-hybridized carbons (Fsp3) is 0.968. The van der Waals surface area contributed by atoms with Gasteiger partial charge >= 0.3 is 0 Å². The predicted octanol–water partition coefficient (Wildman–Crippen LogP) is 10.5. The summed E-state index contributed by atoms with van der Waals surface area (Å²) in [6, 6.07) is 0. The molecule has 0 aromatic carbocycles. The monoisotopic (exact) mass is 532 g/mol. The molecule has 0 N–H and O–H groups in total. The van der Waals surface area contributed by atoms with Gasteiger partial charge in [-0.15, -0.1) is 11.6 Å². The highest BCUT2D eigenvalue weighted by Gasteiger charge is 2.15. The van der Waals surface area contributed by atoms with Gasteiger partial charge < -0.3 is 4.90 Å². The lowest BCUT2D eigenvalue weighted by Crippen LogP contribution is -2.36. The van der Waals surface area contributed by atoms with Crippen molar-refractivity contribution in [1.29, 1.82) is 0 Å². The van der Waals surface area contributed by atoms with Crippen LogP contribution in [0.2, 0.25) is 0 Å². The van der Waals surface area contributed by atoms with Gasteiger partial charge in [0.25, 0.3) is 0 Å². The van der Waals surface area contributed by atoms with Crippen LogP contribution in [0.15, 0.2) is 0 Å². The van der Waals surface area contributed by atoms with E-state index in [2.05, 4.69) is 20.8 Å². The van der Waals surface area contributed by atoms with Crippen LogP contribution in [0, 0.1) is 0 Å². The van der Waals surface area contributed by atoms with Crippen LogP contribution in [0.5, 0.6) is 0 Å². The molecule has 210 valence electrons. The topological polar surface area (TPSA) is 20.3 Å². The Bertz CT molecular complexity index is 390. The number of carbonyl (C=O) groups excluding carboxylic acids is 1. The molecular formula is C31H64ClNOP+. The van der Waals surface area contributed by atoms with Crippen LogP contribution in [0.1, 0.15) is 156 Å². The minimum absolute atomic E-state index is 0.0222. The number of alkyl halides is 1. The Balaban J connectivity index is 0.000000952. The molecule has 0 bridgehead atoms. The Kier molecular flexibility index (Phi) is 28.9. The lowest BCUT2D eigenvalue weighted by molar-refractivity contribution is -0.129. The summed E-state index contributed by atoms with van der Waals surface area (Å²) >= 11 is 5.39. The number of nitrogens with zero attached hydrogens (tertiary/aromatic N) is 1. The predicted molar refractivity (Wildman–Crippen MR) is 164 cm³/mol. The van der Waals surface area contributed by atoms with Crippen LogP contribution in [-0.2, 0) is 4.79 Å². The Morgan fingerprint density at radius 1 is 0.571 bits per heavy atom. The second-order valence-corrected chi connectivity index (χ2v) is 14.1. The van der Waals surface area contributed by atoms with E-state index < -0.39 is 0 Å². The Morgan fingerprint density at radius 3 is 1.26 bits per heavy atom. The minimum atomic E-state index is -0.0222. The number of likely N-dealkylation sites (tertiary alicyclic amines) is 1. The van der Waals surface area contributed by atoms with E-state index in [4.69, 9.17) is 11.6 Å². The first-order valence-corrected chi connectivity index (χ1v) is 18.5. The van der Waals surface area contributed by atoms with Crippen molar-refractivity contribution in [2.75, 3.05) is 37.5 Å². The first kappa shape index (κ1) is 35.2. The molecule has 0 unspecified atom stereocenters. The molecule has 35 heavy (non-hydrogen) atoms. The number of hydrogen-bond donors (Lipinski definition) is 0. The maximum atomic E-state index is 11.0. The highest BCUT2D eigenvalue weighted by atomic mass is 35.5. The zero-order valence-corrected chi connectivity index (χ0v) is 26.1. The third-order valence-corrected chi connectivity index (χ3v) is 10.9. The van der Waals surface area contributed by atoms with Crippen molar-refractivity contribution in [3.8, 4) is 0 Å². The van der Waals surface area contributed by atoms with Crippen molar-refractivity contribution < 1.29 is 4.79 Å². The van der Waals surface area contributed by atoms with Crippen LogP contribution in [0.25, 0.3) is 0 Å². The van der Waals surface area contributed by atoms with E-state index in [9.17, 15) is 4.79 Å². The van der Waals surface area contributed by atoms with Crippen molar-refractivity contribution in [3.05, 3.63) is 0 Å². The van der Waals surface area contributed by atoms with E-state index in [0.717, 1.165) is 25.9 Å². The molecule has 1 heterocycles. The van der Waals surface area contributed by atoms with Gasteiger partial charge in [0.15, 0.2) is 0 Å². The molecule has 0 atom stereocenters. The van der Waals surface area contributed by atoms with Crippen LogP contribution in [0.3, 0.4) is 0 Å². The molecule has 0 radical (unpaired) electrons. The fourth-order valence-electron chi connectivity index (χ4n) is 5.07. The number of halogens is 1. The molecule has 1 amide bonds. The zero-order chi connectivity index (χ0) is 25.8. The van der Waals surface area contributed by atoms with Gasteiger partial charge in [-0.05, 0) is 57.8 Å². The third-order valence-electron chi connectivity index (χ3n) is 7.47. The largest absolute Gasteiger partial charge is 0.342 e. The van der Waals surface area contributed by atoms with Gasteiger partial charge in [0.1, 0.15) is 5.88 Å². The molecule has 0 aromatic heterocycles. The van der Waals surface area contributed by atoms with E-state index >= 15 is 0 Å². The van der Waals surface area contributed by atoms with Crippen molar-refractivity contribution >= 4 is 25.4 Å². The lowest BCUT2D eigenvalue weighted by Gasteiger charge is -2.25. The summed E-state index contributed by atoms with van der Waals surface area (Å²) in [7, 11) is -0.0222. The van der Waals surface area contributed by atoms with Crippen LogP contribution in [-0.4, -0.2) is 48.3 Å². The fourth-order valence-corrected chi connectivity index (χ4v) is 8.24. The molecular weight excluding hydrogens is 469 g/mol. The highest BCUT2D eigenvalue weighted by molar-refractivity contribution is 7.57. The summed E-state index contributed by atoms with van der Waals surface area (Å²) in [5.74, 6) is 0.223. The molecule has 2 nitrogen and oxygen atoms in total. The molecule has 1 fully saturated rings. The molecule has 0 aliphatic carbocycles. The van der Waals surface area contributed by atoms with Gasteiger partial charge in [-0.25, -0.2) is 0 Å². The van der Waals surface area contributed by atoms with Crippen molar-refractivity contribution in [2.45, 2.75) is 156 Å². The van der Waals surface area contributed by atoms with E-state index in [1.807, 2.05) is 4.90 Å². The number of rotatable bonds is 22. The van der Waals surface area contributed by atoms with Gasteiger partial charge in [-0.2, -0.15) is 0 Å². The average Bonchev–Trinajstić information content (AvgIpc) is 2.90. The Hall–Kier alpha value is 0.190. The minimum Gasteiger partial charge on any atom is -0.342 e. The molecule has 1 aliphatic heterocycles. The van der Waals surface area contributed by atoms with E-state index in [1.54, 1.807) is 37.7 Å². The second kappa shape index (κ2) is 28.8. The Labute approximate surface area is 227 Å². The summed E-state index contributed by atoms with van der Waals surface area (Å²) < 4.78 is 0. The van der Waals surface area contributed by atoms with Crippen LogP contribution in [0.4, 0.5) is 0 Å². The second-order valence-electron chi connectivity index (χ2n) is 10.9. The molecule has 1 aliphatic rings. The zero-order valence-electron chi connectivity index (χ0n) is 24.3. The van der Waals surface area contributed by atoms with Crippen molar-refractivity contribution in [2.24, 2.45) is 0 Å². The van der Waals surface area contributed by atoms with Gasteiger partial charge in [0, 0.05) is 21.0 Å². The van der Waals surface area contributed by atoms with E-state index in [1.165, 1.54) is 103 Å². The SMILES string of the molecule is CCCCCCCC[PH+](CCCCCCCC)CCCCCCCC.O=C(CCl)N1CCCCC1. The molecule has 4 heteroatoms. The van der Waals surface area contributed by atoms with Gasteiger partial charge in [-0.1, -0.05) is 97.8 Å². The number of carbonyl (C=O) groups is 1. The number of piperidine rings is 1. The molecule has 0 spiro atoms. The normalized spacial score (nSPS) is 13.7. The quantitative estimate of drug-likeness (QED) is 0.0770. The smallest absolute Gasteiger partial charge is 0.237 e. The summed E-state index contributed by atoms with van der Waals surface area (Å²) in [4.78, 5) is 12.8. The maximum absolute atomic E-state index is 11.0. The first-order chi connectivity index (χ1) is 17.2. The molecule has 0 saturated carbocycles. The van der Waals surface area contributed by atoms with Gasteiger partial charge in [-0.3, -0.25) is 4.79 Å². The van der Waals surface area contributed by atoms with Crippen LogP contribution < -0.4 is 0 Å². The van der Waals surface area contributed by atoms with E-state index in [0.29, 0.717) is 0 Å². The molecule has 0 aromatic rings. The van der Waals surface area contributed by atoms with E-state index in [-0.39, 0.29) is 19.7 Å². The van der Waals surface area contributed by atoms with Crippen LogP contribution >= 0.6 is 19.5 Å². The number of amides is 1. The summed E-state index contributed by atoms with van der Waals surface area (Å²) in [5.41, 5.74) is 0. The summed E-state index contributed by atoms with van der Waals surface area (Å²) in [5, 5.41) is 0. The Morgan fingerprint density at radius 2 is 0.914 bits per heavy atom. The molecule has 1 saturated heterocycles. The first-order valence-electron chi connectivity index (χ1n) is 15.9. The lowest BCUT2D eigenvalue weighted by atomic mass is 10.1. The van der Waals surface area contributed by atoms with Crippen molar-refractivity contribution in [1.82, 2.24) is 4.90 Å². The highest BCUT2D eigenvalue weighted by Crippen LogP contribution is 2.39. The van der Waals surface area contributed by atoms with Crippen molar-refractivity contribution in [3.63, 3.8) is 0 Å². The summed E-state index contributed by atoms with van der Waals surface area (Å²) in [6.45, 7) is 8.78. The summed E-state index contributed by atoms with van der Waals surface area (Å²) in [6.07, 6.45) is 35.0. The standard InChI is InChI=1S/C24H51P.C7H12ClNO/c1-4-7-10-13-16-19-22-25(23-20-17-14-11-8-5-2)24-21-18-15-12-9-6-3;8-6-7(10)9-4-2-1-3-5-9/h4-24H2,1-3H3;1-6H2/p+1. The third kappa shape index (κ3) is 24.3.